The highest BCUT2D eigenvalue weighted by molar-refractivity contribution is 4.83. The van der Waals surface area contributed by atoms with Crippen molar-refractivity contribution in [3.8, 4) is 0 Å². The van der Waals surface area contributed by atoms with Gasteiger partial charge in [-0.05, 0) is 30.6 Å². The fraction of sp³-hybridized carbons (Fsp3) is 1.00. The topological polar surface area (TPSA) is 21.3 Å². The van der Waals surface area contributed by atoms with Gasteiger partial charge < -0.3 is 10.1 Å². The van der Waals surface area contributed by atoms with Gasteiger partial charge in [0.05, 0.1) is 0 Å². The highest BCUT2D eigenvalue weighted by Crippen LogP contribution is 2.23. The van der Waals surface area contributed by atoms with Crippen LogP contribution >= 0.6 is 0 Å². The van der Waals surface area contributed by atoms with Gasteiger partial charge in [0, 0.05) is 25.8 Å². The van der Waals surface area contributed by atoms with Crippen molar-refractivity contribution in [2.45, 2.75) is 53.0 Å². The molecule has 0 atom stereocenters. The van der Waals surface area contributed by atoms with Gasteiger partial charge in [0.1, 0.15) is 0 Å². The quantitative estimate of drug-likeness (QED) is 0.626. The van der Waals surface area contributed by atoms with E-state index in [-0.39, 0.29) is 0 Å². The molecule has 0 spiro atoms. The van der Waals surface area contributed by atoms with Gasteiger partial charge in [-0.3, -0.25) is 0 Å². The first kappa shape index (κ1) is 13.0. The van der Waals surface area contributed by atoms with Crippen LogP contribution in [0.1, 0.15) is 47.0 Å². The number of rotatable bonds is 8. The zero-order valence-electron chi connectivity index (χ0n) is 10.8. The van der Waals surface area contributed by atoms with E-state index in [4.69, 9.17) is 4.74 Å². The molecule has 2 nitrogen and oxygen atoms in total. The molecule has 1 aliphatic carbocycles. The molecular formula is C13H27NO. The Morgan fingerprint density at radius 1 is 1.33 bits per heavy atom. The molecule has 0 saturated heterocycles. The molecule has 90 valence electrons. The predicted molar refractivity (Wildman–Crippen MR) is 65.1 cm³/mol. The van der Waals surface area contributed by atoms with Crippen LogP contribution < -0.4 is 5.32 Å². The van der Waals surface area contributed by atoms with Crippen LogP contribution in [0.3, 0.4) is 0 Å². The van der Waals surface area contributed by atoms with Crippen molar-refractivity contribution in [2.24, 2.45) is 11.3 Å². The second-order valence-electron chi connectivity index (χ2n) is 6.04. The van der Waals surface area contributed by atoms with Crippen LogP contribution in [0, 0.1) is 11.3 Å². The third-order valence-corrected chi connectivity index (χ3v) is 2.82. The van der Waals surface area contributed by atoms with Crippen LogP contribution in [0.15, 0.2) is 0 Å². The van der Waals surface area contributed by atoms with Crippen molar-refractivity contribution in [3.63, 3.8) is 0 Å². The smallest absolute Gasteiger partial charge is 0.0488 e. The second-order valence-corrected chi connectivity index (χ2v) is 6.04. The minimum Gasteiger partial charge on any atom is -0.381 e. The largest absolute Gasteiger partial charge is 0.381 e. The molecule has 0 amide bonds. The third-order valence-electron chi connectivity index (χ3n) is 2.82. The van der Waals surface area contributed by atoms with Crippen molar-refractivity contribution in [2.75, 3.05) is 19.8 Å². The first-order valence-electron chi connectivity index (χ1n) is 6.31. The van der Waals surface area contributed by atoms with E-state index in [2.05, 4.69) is 33.0 Å². The van der Waals surface area contributed by atoms with Gasteiger partial charge in [-0.25, -0.2) is 0 Å². The Kier molecular flexibility index (Phi) is 5.07. The first-order valence-corrected chi connectivity index (χ1v) is 6.31. The molecule has 0 aliphatic heterocycles. The molecule has 1 aliphatic rings. The lowest BCUT2D eigenvalue weighted by Gasteiger charge is -2.25. The molecule has 0 heterocycles. The highest BCUT2D eigenvalue weighted by atomic mass is 16.5. The van der Waals surface area contributed by atoms with Crippen LogP contribution in [-0.2, 0) is 4.74 Å². The molecule has 2 heteroatoms. The van der Waals surface area contributed by atoms with Crippen LogP contribution in [-0.4, -0.2) is 25.8 Å². The van der Waals surface area contributed by atoms with E-state index >= 15 is 0 Å². The summed E-state index contributed by atoms with van der Waals surface area (Å²) in [7, 11) is 0. The van der Waals surface area contributed by atoms with E-state index in [0.717, 1.165) is 32.2 Å². The van der Waals surface area contributed by atoms with Crippen LogP contribution in [0.5, 0.6) is 0 Å². The minimum atomic E-state index is 0.375. The minimum absolute atomic E-state index is 0.375. The maximum atomic E-state index is 5.63. The average molecular weight is 213 g/mol. The maximum Gasteiger partial charge on any atom is 0.0488 e. The Morgan fingerprint density at radius 2 is 2.00 bits per heavy atom. The van der Waals surface area contributed by atoms with Gasteiger partial charge >= 0.3 is 0 Å². The normalized spacial score (nSPS) is 17.4. The molecule has 1 rings (SSSR count). The zero-order valence-corrected chi connectivity index (χ0v) is 10.8. The summed E-state index contributed by atoms with van der Waals surface area (Å²) in [4.78, 5) is 0. The van der Waals surface area contributed by atoms with E-state index in [0.29, 0.717) is 11.3 Å². The molecule has 0 aromatic heterocycles. The van der Waals surface area contributed by atoms with Crippen molar-refractivity contribution >= 4 is 0 Å². The summed E-state index contributed by atoms with van der Waals surface area (Å²) >= 11 is 0. The SMILES string of the molecule is CC(C)COCCC(C)(C)CNC1CC1. The lowest BCUT2D eigenvalue weighted by molar-refractivity contribution is 0.0843. The second kappa shape index (κ2) is 5.86. The summed E-state index contributed by atoms with van der Waals surface area (Å²) in [5, 5.41) is 3.59. The Labute approximate surface area is 94.8 Å². The van der Waals surface area contributed by atoms with Crippen LogP contribution in [0.4, 0.5) is 0 Å². The highest BCUT2D eigenvalue weighted by Gasteiger charge is 2.24. The number of nitrogens with one attached hydrogen (secondary N) is 1. The molecule has 0 aromatic rings. The number of ether oxygens (including phenoxy) is 1. The Hall–Kier alpha value is -0.0800. The standard InChI is InChI=1S/C13H27NO/c1-11(2)9-15-8-7-13(3,4)10-14-12-5-6-12/h11-12,14H,5-10H2,1-4H3. The van der Waals surface area contributed by atoms with Crippen LogP contribution in [0.2, 0.25) is 0 Å². The molecule has 1 N–H and O–H groups in total. The van der Waals surface area contributed by atoms with Crippen molar-refractivity contribution in [1.29, 1.82) is 0 Å². The number of hydrogen-bond acceptors (Lipinski definition) is 2. The van der Waals surface area contributed by atoms with E-state index in [1.54, 1.807) is 0 Å². The van der Waals surface area contributed by atoms with Gasteiger partial charge in [0.15, 0.2) is 0 Å². The van der Waals surface area contributed by atoms with Crippen molar-refractivity contribution in [3.05, 3.63) is 0 Å². The van der Waals surface area contributed by atoms with E-state index in [1.165, 1.54) is 12.8 Å². The molecule has 0 bridgehead atoms. The van der Waals surface area contributed by atoms with Gasteiger partial charge in [-0.15, -0.1) is 0 Å². The molecule has 0 aromatic carbocycles. The summed E-state index contributed by atoms with van der Waals surface area (Å²) in [6, 6.07) is 0.820. The van der Waals surface area contributed by atoms with E-state index < -0.39 is 0 Å². The number of hydrogen-bond donors (Lipinski definition) is 1. The monoisotopic (exact) mass is 213 g/mol. The summed E-state index contributed by atoms with van der Waals surface area (Å²) in [5.74, 6) is 0.651. The van der Waals surface area contributed by atoms with Crippen molar-refractivity contribution in [1.82, 2.24) is 5.32 Å². The average Bonchev–Trinajstić information content (AvgIpc) is 2.93. The lowest BCUT2D eigenvalue weighted by atomic mass is 9.89. The predicted octanol–water partition coefficient (Wildman–Crippen LogP) is 2.83. The lowest BCUT2D eigenvalue weighted by Crippen LogP contribution is -2.31. The first-order chi connectivity index (χ1) is 6.99. The van der Waals surface area contributed by atoms with E-state index in [1.807, 2.05) is 0 Å². The van der Waals surface area contributed by atoms with Gasteiger partial charge in [0.2, 0.25) is 0 Å². The van der Waals surface area contributed by atoms with Crippen molar-refractivity contribution < 1.29 is 4.74 Å². The molecule has 1 fully saturated rings. The molecule has 0 unspecified atom stereocenters. The summed E-state index contributed by atoms with van der Waals surface area (Å²) in [6.07, 6.45) is 3.90. The van der Waals surface area contributed by atoms with Gasteiger partial charge in [0.25, 0.3) is 0 Å². The maximum absolute atomic E-state index is 5.63. The summed E-state index contributed by atoms with van der Waals surface area (Å²) in [5.41, 5.74) is 0.375. The molecular weight excluding hydrogens is 186 g/mol. The van der Waals surface area contributed by atoms with Gasteiger partial charge in [-0.1, -0.05) is 27.7 Å². The fourth-order valence-corrected chi connectivity index (χ4v) is 1.46. The summed E-state index contributed by atoms with van der Waals surface area (Å²) < 4.78 is 5.63. The molecule has 15 heavy (non-hydrogen) atoms. The Balaban J connectivity index is 2.00. The Morgan fingerprint density at radius 3 is 2.53 bits per heavy atom. The summed E-state index contributed by atoms with van der Waals surface area (Å²) in [6.45, 7) is 12.0. The van der Waals surface area contributed by atoms with Gasteiger partial charge in [-0.2, -0.15) is 0 Å². The van der Waals surface area contributed by atoms with Crippen LogP contribution in [0.25, 0.3) is 0 Å². The molecule has 1 saturated carbocycles. The third kappa shape index (κ3) is 6.91. The zero-order chi connectivity index (χ0) is 11.3. The fourth-order valence-electron chi connectivity index (χ4n) is 1.46. The molecule has 0 radical (unpaired) electrons. The Bertz CT molecular complexity index is 173. The van der Waals surface area contributed by atoms with E-state index in [9.17, 15) is 0 Å².